The summed E-state index contributed by atoms with van der Waals surface area (Å²) >= 11 is 6.31. The Labute approximate surface area is 249 Å². The number of methoxy groups -OCH3 is 1. The van der Waals surface area contributed by atoms with E-state index in [0.717, 1.165) is 36.3 Å². The average Bonchev–Trinajstić information content (AvgIpc) is 3.78. The number of carbonyl (C=O) groups is 2. The summed E-state index contributed by atoms with van der Waals surface area (Å²) in [6.45, 7) is 1.56. The van der Waals surface area contributed by atoms with Crippen LogP contribution in [0, 0.1) is 5.41 Å². The van der Waals surface area contributed by atoms with E-state index in [4.69, 9.17) is 26.3 Å². The van der Waals surface area contributed by atoms with Gasteiger partial charge in [0.1, 0.15) is 11.2 Å². The van der Waals surface area contributed by atoms with E-state index in [0.29, 0.717) is 28.5 Å². The Morgan fingerprint density at radius 2 is 1.86 bits per heavy atom. The highest BCUT2D eigenvalue weighted by atomic mass is 35.5. The lowest BCUT2D eigenvalue weighted by atomic mass is 10.1. The number of fused-ring (bicyclic) bond motifs is 1. The maximum Gasteiger partial charge on any atom is 0.403 e. The van der Waals surface area contributed by atoms with Crippen molar-refractivity contribution in [2.24, 2.45) is 5.41 Å². The van der Waals surface area contributed by atoms with Crippen molar-refractivity contribution in [1.29, 1.82) is 0 Å². The van der Waals surface area contributed by atoms with E-state index in [2.05, 4.69) is 20.5 Å². The molecule has 2 N–H and O–H groups in total. The van der Waals surface area contributed by atoms with Crippen LogP contribution in [-0.4, -0.2) is 53.1 Å². The number of amides is 2. The summed E-state index contributed by atoms with van der Waals surface area (Å²) in [4.78, 5) is 41.4. The second-order valence-corrected chi connectivity index (χ2v) is 11.0. The lowest BCUT2D eigenvalue weighted by Crippen LogP contribution is -2.40. The number of halogens is 4. The zero-order valence-corrected chi connectivity index (χ0v) is 23.7. The van der Waals surface area contributed by atoms with Gasteiger partial charge in [-0.1, -0.05) is 17.7 Å². The molecule has 2 amide bonds. The highest BCUT2D eigenvalue weighted by molar-refractivity contribution is 6.34. The lowest BCUT2D eigenvalue weighted by Gasteiger charge is -2.33. The monoisotopic (exact) mass is 610 g/mol. The molecule has 1 saturated heterocycles. The lowest BCUT2D eigenvalue weighted by molar-refractivity contribution is -0.192. The molecule has 6 rings (SSSR count). The summed E-state index contributed by atoms with van der Waals surface area (Å²) in [5.41, 5.74) is 0.0190. The van der Waals surface area contributed by atoms with Crippen molar-refractivity contribution in [2.75, 3.05) is 30.4 Å². The van der Waals surface area contributed by atoms with Crippen LogP contribution in [0.5, 0.6) is 5.88 Å². The molecular weight excluding hydrogens is 585 g/mol. The van der Waals surface area contributed by atoms with E-state index in [-0.39, 0.29) is 30.0 Å². The molecule has 43 heavy (non-hydrogen) atoms. The van der Waals surface area contributed by atoms with Gasteiger partial charge in [0.15, 0.2) is 5.82 Å². The summed E-state index contributed by atoms with van der Waals surface area (Å²) in [6, 6.07) is 13.3. The molecule has 2 fully saturated rings. The topological polar surface area (TPSA) is 109 Å². The molecule has 13 heteroatoms. The first-order valence-corrected chi connectivity index (χ1v) is 14.0. The number of hydrogen-bond donors (Lipinski definition) is 2. The van der Waals surface area contributed by atoms with Crippen molar-refractivity contribution in [2.45, 2.75) is 32.0 Å². The van der Waals surface area contributed by atoms with Crippen molar-refractivity contribution in [3.8, 4) is 17.3 Å². The van der Waals surface area contributed by atoms with Gasteiger partial charge >= 0.3 is 6.18 Å². The molecule has 4 aromatic rings. The molecule has 2 aromatic carbocycles. The van der Waals surface area contributed by atoms with E-state index in [1.165, 1.54) is 19.2 Å². The zero-order chi connectivity index (χ0) is 30.4. The maximum atomic E-state index is 13.3. The summed E-state index contributed by atoms with van der Waals surface area (Å²) in [6.07, 6.45) is -2.39. The quantitative estimate of drug-likeness (QED) is 0.260. The third-order valence-electron chi connectivity index (χ3n) is 7.75. The standard InChI is InChI=1S/C30H26ClF3N6O3/c1-43-24-14-18(7-10-35-24)25-38-23-15-19(4-5-20(23)26(39-25)40-11-2-12-40)37-27(41)21-13-17(3-6-22(21)31)16-36-28(42)29(8-9-29)30(32,33)34/h3-7,10,13-15H,2,8-9,11-12,16H2,1H3,(H,36,42)(H,37,41). The van der Waals surface area contributed by atoms with Crippen molar-refractivity contribution in [1.82, 2.24) is 20.3 Å². The molecule has 2 aromatic heterocycles. The van der Waals surface area contributed by atoms with Gasteiger partial charge in [0.2, 0.25) is 11.8 Å². The number of rotatable bonds is 8. The Morgan fingerprint density at radius 1 is 1.07 bits per heavy atom. The third kappa shape index (κ3) is 5.54. The molecule has 1 aliphatic carbocycles. The molecule has 9 nitrogen and oxygen atoms in total. The van der Waals surface area contributed by atoms with Crippen molar-refractivity contribution < 1.29 is 27.5 Å². The number of nitrogens with one attached hydrogen (secondary N) is 2. The highest BCUT2D eigenvalue weighted by Gasteiger charge is 2.68. The number of alkyl halides is 3. The summed E-state index contributed by atoms with van der Waals surface area (Å²) < 4.78 is 45.1. The molecule has 0 spiro atoms. The van der Waals surface area contributed by atoms with Crippen LogP contribution < -0.4 is 20.3 Å². The SMILES string of the molecule is COc1cc(-c2nc(N3CCC3)c3ccc(NC(=O)c4cc(CNC(=O)C5(C(F)(F)F)CC5)ccc4Cl)cc3n2)ccn1. The maximum absolute atomic E-state index is 13.3. The minimum absolute atomic E-state index is 0.110. The van der Waals surface area contributed by atoms with Crippen LogP contribution in [0.1, 0.15) is 35.2 Å². The van der Waals surface area contributed by atoms with Gasteiger partial charge in [0, 0.05) is 48.5 Å². The van der Waals surface area contributed by atoms with Gasteiger partial charge in [-0.3, -0.25) is 9.59 Å². The van der Waals surface area contributed by atoms with E-state index in [1.54, 1.807) is 36.5 Å². The van der Waals surface area contributed by atoms with Gasteiger partial charge in [-0.25, -0.2) is 15.0 Å². The number of aromatic nitrogens is 3. The Bertz CT molecular complexity index is 1740. The average molecular weight is 611 g/mol. The minimum Gasteiger partial charge on any atom is -0.481 e. The number of carbonyl (C=O) groups excluding carboxylic acids is 2. The first-order chi connectivity index (χ1) is 20.6. The van der Waals surface area contributed by atoms with Crippen LogP contribution in [0.3, 0.4) is 0 Å². The van der Waals surface area contributed by atoms with Gasteiger partial charge in [-0.2, -0.15) is 13.2 Å². The fourth-order valence-electron chi connectivity index (χ4n) is 4.92. The molecule has 3 heterocycles. The van der Waals surface area contributed by atoms with Gasteiger partial charge in [-0.05, 0) is 61.2 Å². The minimum atomic E-state index is -4.60. The molecule has 0 unspecified atom stereocenters. The van der Waals surface area contributed by atoms with Gasteiger partial charge in [0.05, 0.1) is 23.2 Å². The third-order valence-corrected chi connectivity index (χ3v) is 8.08. The largest absolute Gasteiger partial charge is 0.481 e. The molecule has 2 aliphatic rings. The smallest absolute Gasteiger partial charge is 0.403 e. The van der Waals surface area contributed by atoms with Crippen LogP contribution in [0.15, 0.2) is 54.7 Å². The molecule has 0 radical (unpaired) electrons. The van der Waals surface area contributed by atoms with Crippen LogP contribution in [0.4, 0.5) is 24.7 Å². The molecule has 0 bridgehead atoms. The number of benzene rings is 2. The Morgan fingerprint density at radius 3 is 2.53 bits per heavy atom. The van der Waals surface area contributed by atoms with Gasteiger partial charge in [-0.15, -0.1) is 0 Å². The van der Waals surface area contributed by atoms with E-state index < -0.39 is 23.4 Å². The molecule has 0 atom stereocenters. The number of anilines is 2. The predicted octanol–water partition coefficient (Wildman–Crippen LogP) is 5.77. The first-order valence-electron chi connectivity index (χ1n) is 13.6. The molecule has 1 saturated carbocycles. The van der Waals surface area contributed by atoms with Gasteiger partial charge in [0.25, 0.3) is 5.91 Å². The summed E-state index contributed by atoms with van der Waals surface area (Å²) in [7, 11) is 1.53. The van der Waals surface area contributed by atoms with Crippen LogP contribution in [0.2, 0.25) is 5.02 Å². The fraction of sp³-hybridized carbons (Fsp3) is 0.300. The second kappa shape index (κ2) is 11.0. The van der Waals surface area contributed by atoms with E-state index in [9.17, 15) is 22.8 Å². The van der Waals surface area contributed by atoms with Crippen molar-refractivity contribution in [3.63, 3.8) is 0 Å². The Hall–Kier alpha value is -4.45. The van der Waals surface area contributed by atoms with E-state index >= 15 is 0 Å². The fourth-order valence-corrected chi connectivity index (χ4v) is 5.12. The zero-order valence-electron chi connectivity index (χ0n) is 23.0. The normalized spacial score (nSPS) is 15.5. The van der Waals surface area contributed by atoms with Crippen molar-refractivity contribution in [3.05, 3.63) is 70.9 Å². The predicted molar refractivity (Wildman–Crippen MR) is 155 cm³/mol. The first kappa shape index (κ1) is 28.7. The molecular formula is C30H26ClF3N6O3. The number of ether oxygens (including phenoxy) is 1. The Balaban J connectivity index is 1.24. The van der Waals surface area contributed by atoms with Crippen LogP contribution >= 0.6 is 11.6 Å². The van der Waals surface area contributed by atoms with Crippen LogP contribution in [-0.2, 0) is 11.3 Å². The van der Waals surface area contributed by atoms with Crippen molar-refractivity contribution >= 4 is 45.8 Å². The molecule has 1 aliphatic heterocycles. The number of pyridine rings is 1. The highest BCUT2D eigenvalue weighted by Crippen LogP contribution is 2.57. The van der Waals surface area contributed by atoms with E-state index in [1.807, 2.05) is 6.07 Å². The number of hydrogen-bond acceptors (Lipinski definition) is 7. The van der Waals surface area contributed by atoms with Crippen LogP contribution in [0.25, 0.3) is 22.3 Å². The summed E-state index contributed by atoms with van der Waals surface area (Å²) in [5, 5.41) is 6.15. The molecule has 222 valence electrons. The number of nitrogens with zero attached hydrogens (tertiary/aromatic N) is 4. The Kier molecular flexibility index (Phi) is 7.33. The summed E-state index contributed by atoms with van der Waals surface area (Å²) in [5.74, 6) is 0.105. The second-order valence-electron chi connectivity index (χ2n) is 10.6. The van der Waals surface area contributed by atoms with Gasteiger partial charge < -0.3 is 20.3 Å².